The second-order valence-corrected chi connectivity index (χ2v) is 4.93. The number of rotatable bonds is 3. The van der Waals surface area contributed by atoms with Crippen LogP contribution in [0.4, 0.5) is 0 Å². The minimum atomic E-state index is -0.777. The molecule has 2 nitrogen and oxygen atoms in total. The average molecular weight is 321 g/mol. The van der Waals surface area contributed by atoms with Crippen molar-refractivity contribution >= 4 is 28.5 Å². The van der Waals surface area contributed by atoms with E-state index in [1.807, 2.05) is 49.4 Å². The first-order valence-electron chi connectivity index (χ1n) is 6.20. The Morgan fingerprint density at radius 3 is 2.11 bits per heavy atom. The highest BCUT2D eigenvalue weighted by molar-refractivity contribution is 9.10. The summed E-state index contributed by atoms with van der Waals surface area (Å²) in [6.45, 7) is 4.45. The predicted octanol–water partition coefficient (Wildman–Crippen LogP) is 3.17. The first-order chi connectivity index (χ1) is 9.13. The predicted molar refractivity (Wildman–Crippen MR) is 84.6 cm³/mol. The standard InChI is InChI=1S/C8H11BO2.C7H7Br/c1-2-11-9(10)8-6-4-3-5-7-8;1-6-2-4-7(8)5-3-6/h3-7,10H,2H2,1H3;2-5H,1H3. The number of halogens is 1. The fourth-order valence-corrected chi connectivity index (χ4v) is 1.67. The zero-order valence-electron chi connectivity index (χ0n) is 11.2. The highest BCUT2D eigenvalue weighted by atomic mass is 79.9. The van der Waals surface area contributed by atoms with E-state index in [1.54, 1.807) is 0 Å². The van der Waals surface area contributed by atoms with Crippen molar-refractivity contribution in [3.8, 4) is 0 Å². The third-order valence-corrected chi connectivity index (χ3v) is 2.95. The lowest BCUT2D eigenvalue weighted by atomic mass is 9.80. The smallest absolute Gasteiger partial charge is 0.423 e. The molecule has 0 fully saturated rings. The molecule has 100 valence electrons. The minimum Gasteiger partial charge on any atom is -0.423 e. The topological polar surface area (TPSA) is 29.5 Å². The molecule has 0 heterocycles. The van der Waals surface area contributed by atoms with Gasteiger partial charge in [0.15, 0.2) is 0 Å². The Bertz CT molecular complexity index is 438. The van der Waals surface area contributed by atoms with E-state index in [0.717, 1.165) is 9.94 Å². The van der Waals surface area contributed by atoms with Crippen LogP contribution in [0.3, 0.4) is 0 Å². The van der Waals surface area contributed by atoms with Gasteiger partial charge in [-0.3, -0.25) is 0 Å². The van der Waals surface area contributed by atoms with Gasteiger partial charge < -0.3 is 9.68 Å². The summed E-state index contributed by atoms with van der Waals surface area (Å²) in [6.07, 6.45) is 0. The number of hydrogen-bond acceptors (Lipinski definition) is 2. The van der Waals surface area contributed by atoms with Gasteiger partial charge in [-0.1, -0.05) is 64.0 Å². The van der Waals surface area contributed by atoms with Crippen LogP contribution in [0.25, 0.3) is 0 Å². The maximum atomic E-state index is 9.30. The third-order valence-electron chi connectivity index (χ3n) is 2.42. The summed E-state index contributed by atoms with van der Waals surface area (Å²) < 4.78 is 6.13. The molecule has 1 N–H and O–H groups in total. The Labute approximate surface area is 123 Å². The molecule has 0 aliphatic rings. The van der Waals surface area contributed by atoms with Crippen LogP contribution in [0.15, 0.2) is 59.1 Å². The normalized spacial score (nSPS) is 9.47. The van der Waals surface area contributed by atoms with Crippen molar-refractivity contribution in [2.45, 2.75) is 13.8 Å². The monoisotopic (exact) mass is 320 g/mol. The van der Waals surface area contributed by atoms with E-state index in [-0.39, 0.29) is 0 Å². The number of aryl methyl sites for hydroxylation is 1. The van der Waals surface area contributed by atoms with Gasteiger partial charge in [-0.15, -0.1) is 0 Å². The molecule has 0 aromatic heterocycles. The molecule has 0 saturated heterocycles. The number of hydrogen-bond donors (Lipinski definition) is 1. The zero-order valence-corrected chi connectivity index (χ0v) is 12.8. The van der Waals surface area contributed by atoms with Crippen molar-refractivity contribution < 1.29 is 9.68 Å². The molecule has 2 aromatic rings. The van der Waals surface area contributed by atoms with E-state index in [4.69, 9.17) is 4.65 Å². The minimum absolute atomic E-state index is 0.524. The summed E-state index contributed by atoms with van der Waals surface area (Å²) >= 11 is 3.35. The van der Waals surface area contributed by atoms with Crippen molar-refractivity contribution in [1.29, 1.82) is 0 Å². The van der Waals surface area contributed by atoms with Crippen LogP contribution < -0.4 is 5.46 Å². The molecule has 0 aliphatic carbocycles. The van der Waals surface area contributed by atoms with E-state index in [1.165, 1.54) is 5.56 Å². The first-order valence-corrected chi connectivity index (χ1v) is 6.99. The molecule has 0 atom stereocenters. The van der Waals surface area contributed by atoms with Crippen molar-refractivity contribution in [2.24, 2.45) is 0 Å². The number of benzene rings is 2. The maximum Gasteiger partial charge on any atom is 0.491 e. The van der Waals surface area contributed by atoms with Crippen molar-refractivity contribution in [3.63, 3.8) is 0 Å². The van der Waals surface area contributed by atoms with E-state index in [9.17, 15) is 5.02 Å². The SMILES string of the molecule is CCOB(O)c1ccccc1.Cc1ccc(Br)cc1. The Balaban J connectivity index is 0.000000200. The van der Waals surface area contributed by atoms with Crippen LogP contribution in [0.5, 0.6) is 0 Å². The summed E-state index contributed by atoms with van der Waals surface area (Å²) in [5, 5.41) is 9.30. The quantitative estimate of drug-likeness (QED) is 0.880. The third kappa shape index (κ3) is 6.57. The van der Waals surface area contributed by atoms with Gasteiger partial charge in [-0.05, 0) is 31.4 Å². The van der Waals surface area contributed by atoms with Gasteiger partial charge in [-0.25, -0.2) is 0 Å². The Morgan fingerprint density at radius 1 is 1.05 bits per heavy atom. The largest absolute Gasteiger partial charge is 0.491 e. The fraction of sp³-hybridized carbons (Fsp3) is 0.200. The molecule has 0 amide bonds. The summed E-state index contributed by atoms with van der Waals surface area (Å²) in [5.41, 5.74) is 2.10. The lowest BCUT2D eigenvalue weighted by molar-refractivity contribution is 0.287. The average Bonchev–Trinajstić information content (AvgIpc) is 2.44. The van der Waals surface area contributed by atoms with Crippen LogP contribution in [-0.4, -0.2) is 18.7 Å². The zero-order chi connectivity index (χ0) is 14.1. The molecule has 0 saturated carbocycles. The summed E-state index contributed by atoms with van der Waals surface area (Å²) in [5.74, 6) is 0. The summed E-state index contributed by atoms with van der Waals surface area (Å²) in [6, 6.07) is 17.5. The molecule has 2 rings (SSSR count). The maximum absolute atomic E-state index is 9.30. The molecule has 0 aliphatic heterocycles. The highest BCUT2D eigenvalue weighted by Gasteiger charge is 2.13. The second-order valence-electron chi connectivity index (χ2n) is 4.01. The molecular formula is C15H18BBrO2. The van der Waals surface area contributed by atoms with Crippen LogP contribution >= 0.6 is 15.9 Å². The van der Waals surface area contributed by atoms with Crippen molar-refractivity contribution in [1.82, 2.24) is 0 Å². The lowest BCUT2D eigenvalue weighted by Gasteiger charge is -2.04. The van der Waals surface area contributed by atoms with Gasteiger partial charge in [-0.2, -0.15) is 0 Å². The van der Waals surface area contributed by atoms with Gasteiger partial charge >= 0.3 is 7.12 Å². The molecule has 0 spiro atoms. The van der Waals surface area contributed by atoms with Crippen molar-refractivity contribution in [3.05, 3.63) is 64.6 Å². The van der Waals surface area contributed by atoms with Crippen LogP contribution in [-0.2, 0) is 4.65 Å². The van der Waals surface area contributed by atoms with Gasteiger partial charge in [0.05, 0.1) is 0 Å². The lowest BCUT2D eigenvalue weighted by Crippen LogP contribution is -2.33. The van der Waals surface area contributed by atoms with Crippen LogP contribution in [0.2, 0.25) is 0 Å². The molecule has 19 heavy (non-hydrogen) atoms. The Hall–Kier alpha value is -1.10. The molecular weight excluding hydrogens is 303 g/mol. The molecule has 2 aromatic carbocycles. The highest BCUT2D eigenvalue weighted by Crippen LogP contribution is 2.08. The molecule has 0 unspecified atom stereocenters. The van der Waals surface area contributed by atoms with E-state index in [2.05, 4.69) is 35.0 Å². The molecule has 0 radical (unpaired) electrons. The van der Waals surface area contributed by atoms with Gasteiger partial charge in [0.1, 0.15) is 0 Å². The van der Waals surface area contributed by atoms with Gasteiger partial charge in [0.2, 0.25) is 0 Å². The Kier molecular flexibility index (Phi) is 7.49. The first kappa shape index (κ1) is 16.0. The van der Waals surface area contributed by atoms with E-state index >= 15 is 0 Å². The van der Waals surface area contributed by atoms with Gasteiger partial charge in [0.25, 0.3) is 0 Å². The van der Waals surface area contributed by atoms with Crippen molar-refractivity contribution in [2.75, 3.05) is 6.61 Å². The fourth-order valence-electron chi connectivity index (χ4n) is 1.40. The second kappa shape index (κ2) is 8.91. The summed E-state index contributed by atoms with van der Waals surface area (Å²) in [7, 11) is -0.777. The molecule has 4 heteroatoms. The Morgan fingerprint density at radius 2 is 1.63 bits per heavy atom. The van der Waals surface area contributed by atoms with Crippen LogP contribution in [0.1, 0.15) is 12.5 Å². The van der Waals surface area contributed by atoms with E-state index in [0.29, 0.717) is 6.61 Å². The van der Waals surface area contributed by atoms with Gasteiger partial charge in [0, 0.05) is 11.1 Å². The molecule has 0 bridgehead atoms. The summed E-state index contributed by atoms with van der Waals surface area (Å²) in [4.78, 5) is 0. The van der Waals surface area contributed by atoms with Crippen LogP contribution in [0, 0.1) is 6.92 Å². The van der Waals surface area contributed by atoms with E-state index < -0.39 is 7.12 Å².